The van der Waals surface area contributed by atoms with Crippen LogP contribution >= 0.6 is 0 Å². The van der Waals surface area contributed by atoms with Crippen LogP contribution in [0.4, 0.5) is 0 Å². The molecule has 0 aromatic heterocycles. The van der Waals surface area contributed by atoms with Crippen molar-refractivity contribution in [2.45, 2.75) is 0 Å². The van der Waals surface area contributed by atoms with Crippen molar-refractivity contribution in [2.75, 3.05) is 0 Å². The summed E-state index contributed by atoms with van der Waals surface area (Å²) in [7, 11) is 0. The topological polar surface area (TPSA) is 0 Å². The quantitative estimate of drug-likeness (QED) is 0.535. The third-order valence-corrected chi connectivity index (χ3v) is 0. The summed E-state index contributed by atoms with van der Waals surface area (Å²) in [6, 6.07) is 0. The molecule has 0 amide bonds. The molecule has 0 unspecified atom stereocenters. The number of hydrogen-bond donors (Lipinski definition) is 0. The summed E-state index contributed by atoms with van der Waals surface area (Å²) < 4.78 is 0. The molecule has 0 aromatic rings. The zero-order valence-electron chi connectivity index (χ0n) is 1.81. The van der Waals surface area contributed by atoms with Crippen LogP contribution in [-0.2, 0) is 58.9 Å². The van der Waals surface area contributed by atoms with Gasteiger partial charge in [-0.25, -0.2) is 0 Å². The van der Waals surface area contributed by atoms with E-state index in [1.807, 2.05) is 0 Å². The molecule has 0 fully saturated rings. The van der Waals surface area contributed by atoms with Crippen LogP contribution in [0.5, 0.6) is 0 Å². The first kappa shape index (κ1) is 32.1. The van der Waals surface area contributed by atoms with Gasteiger partial charge in [0, 0.05) is 76.5 Å². The molecule has 0 N–H and O–H groups in total. The van der Waals surface area contributed by atoms with E-state index in [0.717, 1.165) is 0 Å². The minimum absolute atomic E-state index is 0. The Morgan fingerprint density at radius 3 is 1.00 bits per heavy atom. The van der Waals surface area contributed by atoms with Crippen molar-refractivity contribution < 1.29 is 58.9 Å². The van der Waals surface area contributed by atoms with Gasteiger partial charge in [-0.1, -0.05) is 0 Å². The average Bonchev–Trinajstić information content (AvgIpc) is 0. The van der Waals surface area contributed by atoms with Crippen molar-refractivity contribution in [3.05, 3.63) is 0 Å². The van der Waals surface area contributed by atoms with Gasteiger partial charge < -0.3 is 0 Å². The van der Waals surface area contributed by atoms with Crippen LogP contribution in [0.2, 0.25) is 0 Å². The van der Waals surface area contributed by atoms with Gasteiger partial charge in [-0.3, -0.25) is 0 Å². The Morgan fingerprint density at radius 2 is 1.00 bits per heavy atom. The maximum atomic E-state index is 0. The van der Waals surface area contributed by atoms with Crippen LogP contribution in [0, 0.1) is 0 Å². The van der Waals surface area contributed by atoms with E-state index in [1.165, 1.54) is 0 Å². The van der Waals surface area contributed by atoms with Gasteiger partial charge in [0.25, 0.3) is 0 Å². The van der Waals surface area contributed by atoms with Crippen molar-refractivity contribution in [3.8, 4) is 0 Å². The van der Waals surface area contributed by atoms with E-state index >= 15 is 0 Å². The van der Waals surface area contributed by atoms with E-state index in [2.05, 4.69) is 0 Å². The van der Waals surface area contributed by atoms with Crippen LogP contribution in [0.1, 0.15) is 0 Å². The van der Waals surface area contributed by atoms with Crippen LogP contribution in [0.15, 0.2) is 0 Å². The SMILES string of the molecule is [Ag].[Cu].[Ge].[Zn]. The number of rotatable bonds is 0. The third kappa shape index (κ3) is 8.83. The predicted octanol–water partition coefficient (Wildman–Crippen LogP) is -0.388. The van der Waals surface area contributed by atoms with Crippen LogP contribution in [-0.4, -0.2) is 17.6 Å². The Kier molecular flexibility index (Phi) is 145. The maximum Gasteiger partial charge on any atom is 0 e. The zero-order valence-corrected chi connectivity index (χ0v) is 9.30. The second-order valence-corrected chi connectivity index (χ2v) is 0. The first-order valence-electron chi connectivity index (χ1n) is 0. The maximum absolute atomic E-state index is 0. The Bertz CT molecular complexity index is 8.00. The molecule has 0 spiro atoms. The van der Waals surface area contributed by atoms with E-state index in [0.29, 0.717) is 0 Å². The number of hydrogen-bond acceptors (Lipinski definition) is 0. The van der Waals surface area contributed by atoms with Gasteiger partial charge >= 0.3 is 0 Å². The average molecular weight is 309 g/mol. The molecule has 4 heavy (non-hydrogen) atoms. The summed E-state index contributed by atoms with van der Waals surface area (Å²) >= 11 is 0. The second-order valence-electron chi connectivity index (χ2n) is 0. The van der Waals surface area contributed by atoms with E-state index < -0.39 is 0 Å². The minimum Gasteiger partial charge on any atom is 0 e. The molecule has 0 rings (SSSR count). The molecule has 0 saturated carbocycles. The summed E-state index contributed by atoms with van der Waals surface area (Å²) in [5, 5.41) is 0. The fourth-order valence-electron chi connectivity index (χ4n) is 0. The van der Waals surface area contributed by atoms with Gasteiger partial charge in [0.05, 0.1) is 0 Å². The molecule has 0 atom stereocenters. The molecule has 0 aromatic carbocycles. The van der Waals surface area contributed by atoms with Gasteiger partial charge in [-0.05, 0) is 0 Å². The van der Waals surface area contributed by atoms with Crippen molar-refractivity contribution in [2.24, 2.45) is 0 Å². The van der Waals surface area contributed by atoms with E-state index in [4.69, 9.17) is 0 Å². The molecule has 6 radical (unpaired) electrons. The second kappa shape index (κ2) is 18.1. The summed E-state index contributed by atoms with van der Waals surface area (Å²) in [6.07, 6.45) is 0. The first-order valence-corrected chi connectivity index (χ1v) is 0. The van der Waals surface area contributed by atoms with Gasteiger partial charge in [0.1, 0.15) is 0 Å². The summed E-state index contributed by atoms with van der Waals surface area (Å²) in [5.41, 5.74) is 0. The van der Waals surface area contributed by atoms with Crippen molar-refractivity contribution >= 4 is 17.6 Å². The zero-order chi connectivity index (χ0) is 0. The molecule has 0 aliphatic heterocycles. The third-order valence-electron chi connectivity index (χ3n) is 0. The van der Waals surface area contributed by atoms with Gasteiger partial charge in [-0.15, -0.1) is 0 Å². The Balaban J connectivity index is 0. The van der Waals surface area contributed by atoms with Crippen LogP contribution in [0.25, 0.3) is 0 Å². The normalized spacial score (nSPS) is 0. The summed E-state index contributed by atoms with van der Waals surface area (Å²) in [6.45, 7) is 0. The Morgan fingerprint density at radius 1 is 1.00 bits per heavy atom. The molecule has 0 saturated heterocycles. The van der Waals surface area contributed by atoms with Crippen LogP contribution < -0.4 is 0 Å². The smallest absolute Gasteiger partial charge is 0 e. The summed E-state index contributed by atoms with van der Waals surface area (Å²) in [4.78, 5) is 0. The van der Waals surface area contributed by atoms with E-state index in [9.17, 15) is 0 Å². The molecule has 0 aliphatic rings. The minimum atomic E-state index is 0. The molecule has 0 aliphatic carbocycles. The van der Waals surface area contributed by atoms with Crippen LogP contribution in [0.3, 0.4) is 0 Å². The predicted molar refractivity (Wildman–Crippen MR) is 5.75 cm³/mol. The molecule has 0 heterocycles. The Labute approximate surface area is 75.6 Å². The van der Waals surface area contributed by atoms with Crippen molar-refractivity contribution in [3.63, 3.8) is 0 Å². The molecule has 0 nitrogen and oxygen atoms in total. The molecule has 4 heteroatoms. The molecule has 28 valence electrons. The fraction of sp³-hybridized carbons (Fsp3) is 0. The molecular weight excluding hydrogens is 309 g/mol. The monoisotopic (exact) mass is 308 g/mol. The van der Waals surface area contributed by atoms with Gasteiger partial charge in [0.2, 0.25) is 0 Å². The van der Waals surface area contributed by atoms with E-state index in [-0.39, 0.29) is 76.5 Å². The van der Waals surface area contributed by atoms with Gasteiger partial charge in [-0.2, -0.15) is 0 Å². The van der Waals surface area contributed by atoms with Crippen molar-refractivity contribution in [1.82, 2.24) is 0 Å². The first-order chi connectivity index (χ1) is 0. The molecular formula is AgCuGeZn. The van der Waals surface area contributed by atoms with E-state index in [1.54, 1.807) is 0 Å². The fourth-order valence-corrected chi connectivity index (χ4v) is 0. The van der Waals surface area contributed by atoms with Gasteiger partial charge in [0.15, 0.2) is 0 Å². The Hall–Kier alpha value is 2.43. The molecule has 0 bridgehead atoms. The van der Waals surface area contributed by atoms with Crippen molar-refractivity contribution in [1.29, 1.82) is 0 Å². The summed E-state index contributed by atoms with van der Waals surface area (Å²) in [5.74, 6) is 0. The largest absolute Gasteiger partial charge is 0 e. The standard InChI is InChI=1S/Ag.Cu.Ge.Zn.